The Bertz CT molecular complexity index is 1230. The van der Waals surface area contributed by atoms with Gasteiger partial charge in [-0.05, 0) is 55.8 Å². The van der Waals surface area contributed by atoms with Crippen molar-refractivity contribution in [3.05, 3.63) is 64.7 Å². The van der Waals surface area contributed by atoms with Gasteiger partial charge in [-0.1, -0.05) is 23.5 Å². The summed E-state index contributed by atoms with van der Waals surface area (Å²) in [6.45, 7) is 4.63. The molecule has 0 atom stereocenters. The van der Waals surface area contributed by atoms with E-state index in [-0.39, 0.29) is 5.97 Å². The zero-order chi connectivity index (χ0) is 22.7. The first-order chi connectivity index (χ1) is 15.5. The maximum Gasteiger partial charge on any atom is 0.350 e. The minimum atomic E-state index is -0.326. The van der Waals surface area contributed by atoms with Gasteiger partial charge in [-0.25, -0.2) is 9.78 Å². The largest absolute Gasteiger partial charge is 0.497 e. The van der Waals surface area contributed by atoms with Crippen molar-refractivity contribution in [2.45, 2.75) is 20.4 Å². The molecule has 0 radical (unpaired) electrons. The first-order valence-electron chi connectivity index (χ1n) is 10.3. The minimum absolute atomic E-state index is 0.326. The van der Waals surface area contributed by atoms with Crippen LogP contribution in [-0.4, -0.2) is 36.2 Å². The van der Waals surface area contributed by atoms with Crippen LogP contribution >= 0.6 is 11.3 Å². The maximum absolute atomic E-state index is 12.4. The van der Waals surface area contributed by atoms with Gasteiger partial charge in [-0.2, -0.15) is 0 Å². The zero-order valence-corrected chi connectivity index (χ0v) is 19.3. The van der Waals surface area contributed by atoms with Crippen molar-refractivity contribution in [3.8, 4) is 22.8 Å². The van der Waals surface area contributed by atoms with Gasteiger partial charge in [-0.15, -0.1) is 0 Å². The number of nitrogens with zero attached hydrogens (tertiary/aromatic N) is 2. The third kappa shape index (κ3) is 4.13. The van der Waals surface area contributed by atoms with Crippen molar-refractivity contribution in [1.29, 1.82) is 0 Å². The number of benzene rings is 2. The number of methoxy groups -OCH3 is 2. The van der Waals surface area contributed by atoms with E-state index >= 15 is 0 Å². The molecule has 2 aromatic heterocycles. The average Bonchev–Trinajstić information content (AvgIpc) is 3.35. The Balaban J connectivity index is 1.76. The Morgan fingerprint density at radius 2 is 1.66 bits per heavy atom. The van der Waals surface area contributed by atoms with Gasteiger partial charge in [0.25, 0.3) is 0 Å². The standard InChI is InChI=1S/C24H25N3O4S/c1-5-31-23(28)21-15(2)27-22(25-14-16-6-10-18(29-3)11-7-16)20(26-24(27)32-21)17-8-12-19(30-4)13-9-17/h6-13,25H,5,14H2,1-4H3. The summed E-state index contributed by atoms with van der Waals surface area (Å²) in [4.78, 5) is 18.6. The lowest BCUT2D eigenvalue weighted by atomic mass is 10.1. The van der Waals surface area contributed by atoms with E-state index in [1.807, 2.05) is 59.9 Å². The van der Waals surface area contributed by atoms with Crippen LogP contribution in [0, 0.1) is 6.92 Å². The molecule has 0 spiro atoms. The lowest BCUT2D eigenvalue weighted by Crippen LogP contribution is -2.07. The van der Waals surface area contributed by atoms with Gasteiger partial charge in [-0.3, -0.25) is 4.40 Å². The van der Waals surface area contributed by atoms with Crippen LogP contribution in [0.1, 0.15) is 27.9 Å². The predicted octanol–water partition coefficient (Wildman–Crippen LogP) is 5.18. The molecule has 32 heavy (non-hydrogen) atoms. The number of carbonyl (C=O) groups is 1. The lowest BCUT2D eigenvalue weighted by Gasteiger charge is -2.11. The van der Waals surface area contributed by atoms with Crippen LogP contribution in [0.15, 0.2) is 48.5 Å². The predicted molar refractivity (Wildman–Crippen MR) is 126 cm³/mol. The molecule has 0 aliphatic rings. The average molecular weight is 452 g/mol. The van der Waals surface area contributed by atoms with Crippen molar-refractivity contribution in [3.63, 3.8) is 0 Å². The van der Waals surface area contributed by atoms with E-state index in [1.165, 1.54) is 11.3 Å². The van der Waals surface area contributed by atoms with Crippen molar-refractivity contribution < 1.29 is 19.0 Å². The second-order valence-corrected chi connectivity index (χ2v) is 8.07. The minimum Gasteiger partial charge on any atom is -0.497 e. The van der Waals surface area contributed by atoms with Gasteiger partial charge < -0.3 is 19.5 Å². The van der Waals surface area contributed by atoms with Crippen molar-refractivity contribution in [1.82, 2.24) is 9.38 Å². The number of aryl methyl sites for hydroxylation is 1. The Kier molecular flexibility index (Phi) is 6.32. The van der Waals surface area contributed by atoms with E-state index in [1.54, 1.807) is 21.1 Å². The topological polar surface area (TPSA) is 74.1 Å². The van der Waals surface area contributed by atoms with E-state index in [9.17, 15) is 4.79 Å². The van der Waals surface area contributed by atoms with Crippen molar-refractivity contribution in [2.75, 3.05) is 26.1 Å². The summed E-state index contributed by atoms with van der Waals surface area (Å²) in [5.74, 6) is 2.09. The molecule has 0 aliphatic heterocycles. The molecule has 8 heteroatoms. The van der Waals surface area contributed by atoms with Crippen LogP contribution in [0.4, 0.5) is 5.82 Å². The number of fused-ring (bicyclic) bond motifs is 1. The van der Waals surface area contributed by atoms with E-state index in [2.05, 4.69) is 5.32 Å². The van der Waals surface area contributed by atoms with Crippen LogP contribution < -0.4 is 14.8 Å². The number of imidazole rings is 1. The second-order valence-electron chi connectivity index (χ2n) is 7.09. The van der Waals surface area contributed by atoms with Gasteiger partial charge in [0.2, 0.25) is 0 Å². The Morgan fingerprint density at radius 3 is 2.25 bits per heavy atom. The Morgan fingerprint density at radius 1 is 1.03 bits per heavy atom. The highest BCUT2D eigenvalue weighted by atomic mass is 32.1. The van der Waals surface area contributed by atoms with Crippen LogP contribution in [0.25, 0.3) is 16.2 Å². The lowest BCUT2D eigenvalue weighted by molar-refractivity contribution is 0.0531. The normalized spacial score (nSPS) is 10.9. The molecule has 0 bridgehead atoms. The number of esters is 1. The zero-order valence-electron chi connectivity index (χ0n) is 18.5. The molecular formula is C24H25N3O4S. The molecule has 0 amide bonds. The highest BCUT2D eigenvalue weighted by Gasteiger charge is 2.23. The van der Waals surface area contributed by atoms with E-state index in [0.717, 1.165) is 44.8 Å². The third-order valence-corrected chi connectivity index (χ3v) is 6.27. The van der Waals surface area contributed by atoms with E-state index < -0.39 is 0 Å². The fourth-order valence-corrected chi connectivity index (χ4v) is 4.49. The second kappa shape index (κ2) is 9.32. The number of ether oxygens (including phenoxy) is 3. The number of rotatable bonds is 8. The fourth-order valence-electron chi connectivity index (χ4n) is 3.47. The maximum atomic E-state index is 12.4. The summed E-state index contributed by atoms with van der Waals surface area (Å²) in [7, 11) is 3.29. The van der Waals surface area contributed by atoms with Crippen LogP contribution in [-0.2, 0) is 11.3 Å². The SMILES string of the molecule is CCOC(=O)c1sc2nc(-c3ccc(OC)cc3)c(NCc3ccc(OC)cc3)n2c1C. The van der Waals surface area contributed by atoms with E-state index in [4.69, 9.17) is 19.2 Å². The summed E-state index contributed by atoms with van der Waals surface area (Å²) in [6.07, 6.45) is 0. The number of thiazole rings is 1. The van der Waals surface area contributed by atoms with E-state index in [0.29, 0.717) is 18.0 Å². The highest BCUT2D eigenvalue weighted by molar-refractivity contribution is 7.19. The summed E-state index contributed by atoms with van der Waals surface area (Å²) >= 11 is 1.33. The quantitative estimate of drug-likeness (QED) is 0.372. The monoisotopic (exact) mass is 451 g/mol. The summed E-state index contributed by atoms with van der Waals surface area (Å²) in [5, 5.41) is 3.53. The molecule has 0 saturated heterocycles. The smallest absolute Gasteiger partial charge is 0.350 e. The summed E-state index contributed by atoms with van der Waals surface area (Å²) in [5.41, 5.74) is 3.66. The number of carbonyl (C=O) groups excluding carboxylic acids is 1. The Labute approximate surface area is 190 Å². The number of anilines is 1. The summed E-state index contributed by atoms with van der Waals surface area (Å²) in [6, 6.07) is 15.7. The highest BCUT2D eigenvalue weighted by Crippen LogP contribution is 2.35. The molecular weight excluding hydrogens is 426 g/mol. The van der Waals surface area contributed by atoms with Gasteiger partial charge in [0, 0.05) is 17.8 Å². The molecule has 0 saturated carbocycles. The molecule has 2 aromatic carbocycles. The molecule has 4 rings (SSSR count). The Hall–Kier alpha value is -3.52. The van der Waals surface area contributed by atoms with Crippen molar-refractivity contribution in [2.24, 2.45) is 0 Å². The molecule has 0 aliphatic carbocycles. The van der Waals surface area contributed by atoms with Crippen LogP contribution in [0.2, 0.25) is 0 Å². The molecule has 1 N–H and O–H groups in total. The van der Waals surface area contributed by atoms with Gasteiger partial charge in [0.1, 0.15) is 27.9 Å². The number of nitrogens with one attached hydrogen (secondary N) is 1. The number of aromatic nitrogens is 2. The van der Waals surface area contributed by atoms with Crippen molar-refractivity contribution >= 4 is 28.1 Å². The molecule has 0 fully saturated rings. The molecule has 4 aromatic rings. The van der Waals surface area contributed by atoms with Crippen LogP contribution in [0.5, 0.6) is 11.5 Å². The molecule has 2 heterocycles. The van der Waals surface area contributed by atoms with Crippen LogP contribution in [0.3, 0.4) is 0 Å². The molecule has 0 unspecified atom stereocenters. The first kappa shape index (κ1) is 21.7. The fraction of sp³-hybridized carbons (Fsp3) is 0.250. The number of hydrogen-bond donors (Lipinski definition) is 1. The number of hydrogen-bond acceptors (Lipinski definition) is 7. The van der Waals surface area contributed by atoms with Gasteiger partial charge in [0.15, 0.2) is 4.96 Å². The third-order valence-electron chi connectivity index (χ3n) is 5.15. The van der Waals surface area contributed by atoms with Gasteiger partial charge >= 0.3 is 5.97 Å². The van der Waals surface area contributed by atoms with Gasteiger partial charge in [0.05, 0.1) is 20.8 Å². The summed E-state index contributed by atoms with van der Waals surface area (Å²) < 4.78 is 17.7. The first-order valence-corrected chi connectivity index (χ1v) is 11.1. The molecule has 7 nitrogen and oxygen atoms in total. The molecule has 166 valence electrons.